The quantitative estimate of drug-likeness (QED) is 0.777. The number of likely N-dealkylation sites (N-methyl/N-ethyl adjacent to an activating group) is 1. The summed E-state index contributed by atoms with van der Waals surface area (Å²) in [4.78, 5) is 11.9. The van der Waals surface area contributed by atoms with Gasteiger partial charge in [-0.3, -0.25) is 4.79 Å². The van der Waals surface area contributed by atoms with Gasteiger partial charge in [-0.15, -0.1) is 12.4 Å². The maximum atomic E-state index is 11.9. The molecule has 1 aromatic rings. The molecule has 1 rings (SSSR count). The second kappa shape index (κ2) is 8.61. The van der Waals surface area contributed by atoms with Crippen LogP contribution in [0.25, 0.3) is 0 Å². The molecule has 0 bridgehead atoms. The molecule has 19 heavy (non-hydrogen) atoms. The van der Waals surface area contributed by atoms with Crippen LogP contribution >= 0.6 is 12.4 Å². The normalized spacial score (nSPS) is 9.47. The molecule has 0 saturated heterocycles. The lowest BCUT2D eigenvalue weighted by Crippen LogP contribution is -2.30. The first-order chi connectivity index (χ1) is 8.63. The number of rotatable bonds is 6. The van der Waals surface area contributed by atoms with E-state index < -0.39 is 0 Å². The summed E-state index contributed by atoms with van der Waals surface area (Å²) in [7, 11) is 4.99. The number of carbonyl (C=O) groups excluding carboxylic acids is 1. The molecule has 0 heterocycles. The van der Waals surface area contributed by atoms with E-state index in [9.17, 15) is 4.79 Å². The molecule has 6 heteroatoms. The fraction of sp³-hybridized carbons (Fsp3) is 0.462. The number of carbonyl (C=O) groups is 1. The highest BCUT2D eigenvalue weighted by atomic mass is 35.5. The van der Waals surface area contributed by atoms with Crippen molar-refractivity contribution < 1.29 is 14.3 Å². The van der Waals surface area contributed by atoms with Crippen molar-refractivity contribution >= 4 is 18.3 Å². The van der Waals surface area contributed by atoms with Crippen molar-refractivity contribution in [3.63, 3.8) is 0 Å². The van der Waals surface area contributed by atoms with Crippen molar-refractivity contribution in [2.75, 3.05) is 34.4 Å². The van der Waals surface area contributed by atoms with Crippen molar-refractivity contribution in [1.29, 1.82) is 0 Å². The fourth-order valence-corrected chi connectivity index (χ4v) is 1.62. The number of hydrogen-bond acceptors (Lipinski definition) is 4. The predicted octanol–water partition coefficient (Wildman–Crippen LogP) is 1.38. The standard InChI is InChI=1S/C13H20N2O3.ClH/c1-9-11(17-3)7-10(8-12(9)18-4)13(16)15-6-5-14-2;/h7-8,14H,5-6H2,1-4H3,(H,15,16);1H. The van der Waals surface area contributed by atoms with E-state index >= 15 is 0 Å². The van der Waals surface area contributed by atoms with Gasteiger partial charge in [0.2, 0.25) is 0 Å². The van der Waals surface area contributed by atoms with Gasteiger partial charge in [-0.25, -0.2) is 0 Å². The van der Waals surface area contributed by atoms with Crippen molar-refractivity contribution in [3.05, 3.63) is 23.3 Å². The van der Waals surface area contributed by atoms with Gasteiger partial charge < -0.3 is 20.1 Å². The van der Waals surface area contributed by atoms with Crippen LogP contribution in [0.5, 0.6) is 11.5 Å². The van der Waals surface area contributed by atoms with Crippen LogP contribution in [0.1, 0.15) is 15.9 Å². The first-order valence-electron chi connectivity index (χ1n) is 5.79. The third-order valence-electron chi connectivity index (χ3n) is 2.67. The van der Waals surface area contributed by atoms with Crippen LogP contribution in [-0.2, 0) is 0 Å². The van der Waals surface area contributed by atoms with Crippen LogP contribution in [0.4, 0.5) is 0 Å². The summed E-state index contributed by atoms with van der Waals surface area (Å²) in [6, 6.07) is 3.43. The van der Waals surface area contributed by atoms with Crippen LogP contribution in [-0.4, -0.2) is 40.3 Å². The summed E-state index contributed by atoms with van der Waals surface area (Å²) in [5.41, 5.74) is 1.41. The molecule has 0 aliphatic carbocycles. The molecule has 0 radical (unpaired) electrons. The molecule has 0 aliphatic heterocycles. The third kappa shape index (κ3) is 4.61. The number of nitrogens with one attached hydrogen (secondary N) is 2. The molecule has 0 saturated carbocycles. The number of ether oxygens (including phenoxy) is 2. The van der Waals surface area contributed by atoms with Gasteiger partial charge in [0, 0.05) is 24.2 Å². The zero-order valence-electron chi connectivity index (χ0n) is 11.7. The largest absolute Gasteiger partial charge is 0.496 e. The van der Waals surface area contributed by atoms with Crippen molar-refractivity contribution in [3.8, 4) is 11.5 Å². The Morgan fingerprint density at radius 3 is 2.11 bits per heavy atom. The highest BCUT2D eigenvalue weighted by Crippen LogP contribution is 2.29. The number of benzene rings is 1. The Hall–Kier alpha value is -1.46. The van der Waals surface area contributed by atoms with E-state index in [1.807, 2.05) is 14.0 Å². The van der Waals surface area contributed by atoms with E-state index in [1.54, 1.807) is 26.4 Å². The van der Waals surface area contributed by atoms with Gasteiger partial charge in [-0.1, -0.05) is 0 Å². The summed E-state index contributed by atoms with van der Waals surface area (Å²) < 4.78 is 10.5. The Kier molecular flexibility index (Phi) is 7.95. The van der Waals surface area contributed by atoms with E-state index in [-0.39, 0.29) is 18.3 Å². The molecule has 0 atom stereocenters. The molecule has 0 fully saturated rings. The lowest BCUT2D eigenvalue weighted by molar-refractivity contribution is 0.0953. The van der Waals surface area contributed by atoms with Crippen LogP contribution in [0.3, 0.4) is 0 Å². The Morgan fingerprint density at radius 2 is 1.68 bits per heavy atom. The topological polar surface area (TPSA) is 59.6 Å². The molecular weight excluding hydrogens is 268 g/mol. The lowest BCUT2D eigenvalue weighted by Gasteiger charge is -2.12. The van der Waals surface area contributed by atoms with Crippen LogP contribution in [0.15, 0.2) is 12.1 Å². The Balaban J connectivity index is 0.00000324. The second-order valence-corrected chi connectivity index (χ2v) is 3.87. The van der Waals surface area contributed by atoms with E-state index in [2.05, 4.69) is 10.6 Å². The average Bonchev–Trinajstić information content (AvgIpc) is 2.39. The number of halogens is 1. The van der Waals surface area contributed by atoms with Crippen LogP contribution in [0, 0.1) is 6.92 Å². The van der Waals surface area contributed by atoms with Gasteiger partial charge in [0.05, 0.1) is 14.2 Å². The monoisotopic (exact) mass is 288 g/mol. The summed E-state index contributed by atoms with van der Waals surface area (Å²) >= 11 is 0. The minimum absolute atomic E-state index is 0. The molecule has 0 aromatic heterocycles. The van der Waals surface area contributed by atoms with E-state index in [0.717, 1.165) is 12.1 Å². The van der Waals surface area contributed by atoms with E-state index in [4.69, 9.17) is 9.47 Å². The second-order valence-electron chi connectivity index (χ2n) is 3.87. The van der Waals surface area contributed by atoms with Crippen LogP contribution in [0.2, 0.25) is 0 Å². The predicted molar refractivity (Wildman–Crippen MR) is 77.8 cm³/mol. The lowest BCUT2D eigenvalue weighted by atomic mass is 10.1. The van der Waals surface area contributed by atoms with Gasteiger partial charge >= 0.3 is 0 Å². The summed E-state index contributed by atoms with van der Waals surface area (Å²) in [5, 5.41) is 5.77. The maximum absolute atomic E-state index is 11.9. The van der Waals surface area contributed by atoms with Gasteiger partial charge in [-0.2, -0.15) is 0 Å². The molecule has 1 aromatic carbocycles. The first kappa shape index (κ1) is 17.5. The highest BCUT2D eigenvalue weighted by molar-refractivity contribution is 5.95. The summed E-state index contributed by atoms with van der Waals surface area (Å²) in [6.07, 6.45) is 0. The smallest absolute Gasteiger partial charge is 0.251 e. The molecule has 108 valence electrons. The zero-order valence-corrected chi connectivity index (χ0v) is 12.5. The van der Waals surface area contributed by atoms with Gasteiger partial charge in [0.15, 0.2) is 0 Å². The molecule has 0 spiro atoms. The Labute approximate surface area is 120 Å². The van der Waals surface area contributed by atoms with E-state index in [0.29, 0.717) is 23.6 Å². The SMILES string of the molecule is CNCCNC(=O)c1cc(OC)c(C)c(OC)c1.Cl. The molecule has 2 N–H and O–H groups in total. The Morgan fingerprint density at radius 1 is 1.16 bits per heavy atom. The molecule has 0 unspecified atom stereocenters. The minimum Gasteiger partial charge on any atom is -0.496 e. The Bertz CT molecular complexity index is 399. The minimum atomic E-state index is -0.137. The molecule has 5 nitrogen and oxygen atoms in total. The number of hydrogen-bond donors (Lipinski definition) is 2. The molecule has 0 aliphatic rings. The van der Waals surface area contributed by atoms with Gasteiger partial charge in [0.25, 0.3) is 5.91 Å². The van der Waals surface area contributed by atoms with Gasteiger partial charge in [0.1, 0.15) is 11.5 Å². The van der Waals surface area contributed by atoms with E-state index in [1.165, 1.54) is 0 Å². The van der Waals surface area contributed by atoms with Crippen molar-refractivity contribution in [2.45, 2.75) is 6.92 Å². The average molecular weight is 289 g/mol. The third-order valence-corrected chi connectivity index (χ3v) is 2.67. The van der Waals surface area contributed by atoms with Crippen molar-refractivity contribution in [1.82, 2.24) is 10.6 Å². The zero-order chi connectivity index (χ0) is 13.5. The number of amides is 1. The van der Waals surface area contributed by atoms with Crippen LogP contribution < -0.4 is 20.1 Å². The first-order valence-corrected chi connectivity index (χ1v) is 5.79. The van der Waals surface area contributed by atoms with Gasteiger partial charge in [-0.05, 0) is 26.1 Å². The fourth-order valence-electron chi connectivity index (χ4n) is 1.62. The highest BCUT2D eigenvalue weighted by Gasteiger charge is 2.12. The number of methoxy groups -OCH3 is 2. The summed E-state index contributed by atoms with van der Waals surface area (Å²) in [6.45, 7) is 3.19. The molecule has 1 amide bonds. The molecular formula is C13H21ClN2O3. The maximum Gasteiger partial charge on any atom is 0.251 e. The summed E-state index contributed by atoms with van der Waals surface area (Å²) in [5.74, 6) is 1.16. The van der Waals surface area contributed by atoms with Crippen molar-refractivity contribution in [2.24, 2.45) is 0 Å².